The monoisotopic (exact) mass is 334 g/mol. The van der Waals surface area contributed by atoms with Gasteiger partial charge in [-0.3, -0.25) is 4.79 Å². The minimum absolute atomic E-state index is 0.0315. The number of nitrogens with zero attached hydrogens (tertiary/aromatic N) is 2. The molecule has 1 amide bonds. The van der Waals surface area contributed by atoms with Crippen LogP contribution in [-0.4, -0.2) is 39.2 Å². The van der Waals surface area contributed by atoms with Crippen molar-refractivity contribution < 1.29 is 19.4 Å². The Balaban J connectivity index is 2.13. The molecule has 0 bridgehead atoms. The first-order valence-electron chi connectivity index (χ1n) is 7.39. The van der Waals surface area contributed by atoms with Crippen LogP contribution in [0.1, 0.15) is 28.8 Å². The Morgan fingerprint density at radius 2 is 1.92 bits per heavy atom. The van der Waals surface area contributed by atoms with Crippen LogP contribution in [0.3, 0.4) is 0 Å². The highest BCUT2D eigenvalue weighted by Gasteiger charge is 2.20. The Kier molecular flexibility index (Phi) is 5.64. The van der Waals surface area contributed by atoms with Crippen molar-refractivity contribution in [1.29, 1.82) is 0 Å². The summed E-state index contributed by atoms with van der Waals surface area (Å²) in [5.74, 6) is -2.11. The highest BCUT2D eigenvalue weighted by atomic mass is 19.1. The molecule has 1 atom stereocenters. The Bertz CT molecular complexity index is 722. The average Bonchev–Trinajstić information content (AvgIpc) is 2.57. The molecule has 1 unspecified atom stereocenters. The van der Waals surface area contributed by atoms with Crippen LogP contribution in [0.2, 0.25) is 0 Å². The van der Waals surface area contributed by atoms with Gasteiger partial charge in [-0.25, -0.2) is 9.37 Å². The number of halogens is 1. The Morgan fingerprint density at radius 3 is 2.54 bits per heavy atom. The zero-order valence-corrected chi connectivity index (χ0v) is 13.4. The molecule has 0 spiro atoms. The number of rotatable bonds is 6. The normalized spacial score (nSPS) is 12.0. The molecular weight excluding hydrogens is 315 g/mol. The van der Waals surface area contributed by atoms with E-state index in [4.69, 9.17) is 0 Å². The summed E-state index contributed by atoms with van der Waals surface area (Å²) in [7, 11) is 1.77. The maximum Gasteiger partial charge on any atom is 0.274 e. The number of hydrogen-bond acceptors (Lipinski definition) is 6. The summed E-state index contributed by atoms with van der Waals surface area (Å²) in [6.07, 6.45) is 0.378. The van der Waals surface area contributed by atoms with Crippen molar-refractivity contribution in [1.82, 2.24) is 20.6 Å². The SMILES string of the molecule is CNC(C)Cc1nc(O)c(O)c(C(=O)NCc2ccc(F)cc2)n1. The van der Waals surface area contributed by atoms with Crippen LogP contribution in [0.25, 0.3) is 0 Å². The van der Waals surface area contributed by atoms with E-state index in [1.165, 1.54) is 24.3 Å². The fourth-order valence-corrected chi connectivity index (χ4v) is 1.98. The van der Waals surface area contributed by atoms with E-state index in [9.17, 15) is 19.4 Å². The molecule has 1 heterocycles. The molecule has 2 rings (SSSR count). The Hall–Kier alpha value is -2.74. The summed E-state index contributed by atoms with van der Waals surface area (Å²) >= 11 is 0. The molecule has 0 saturated heterocycles. The molecular formula is C16H19FN4O3. The van der Waals surface area contributed by atoms with Gasteiger partial charge in [-0.1, -0.05) is 12.1 Å². The lowest BCUT2D eigenvalue weighted by Gasteiger charge is -2.11. The van der Waals surface area contributed by atoms with Crippen molar-refractivity contribution in [3.8, 4) is 11.6 Å². The van der Waals surface area contributed by atoms with Crippen LogP contribution < -0.4 is 10.6 Å². The van der Waals surface area contributed by atoms with Gasteiger partial charge in [-0.05, 0) is 31.7 Å². The molecule has 0 aliphatic rings. The number of aromatic nitrogens is 2. The maximum atomic E-state index is 12.9. The molecule has 8 heteroatoms. The third-order valence-electron chi connectivity index (χ3n) is 3.47. The first kappa shape index (κ1) is 17.6. The average molecular weight is 334 g/mol. The second-order valence-electron chi connectivity index (χ2n) is 5.36. The molecule has 4 N–H and O–H groups in total. The predicted molar refractivity (Wildman–Crippen MR) is 85.2 cm³/mol. The van der Waals surface area contributed by atoms with Crippen LogP contribution in [0.4, 0.5) is 4.39 Å². The standard InChI is InChI=1S/C16H19FN4O3/c1-9(18-2)7-12-20-13(14(22)16(24)21-12)15(23)19-8-10-3-5-11(17)6-4-10/h3-6,9,18,22H,7-8H2,1-2H3,(H,19,23)(H,20,21,24). The second-order valence-corrected chi connectivity index (χ2v) is 5.36. The van der Waals surface area contributed by atoms with Crippen LogP contribution in [0, 0.1) is 5.82 Å². The van der Waals surface area contributed by atoms with Gasteiger partial charge in [-0.15, -0.1) is 0 Å². The summed E-state index contributed by atoms with van der Waals surface area (Å²) < 4.78 is 12.9. The first-order valence-corrected chi connectivity index (χ1v) is 7.39. The molecule has 0 fully saturated rings. The van der Waals surface area contributed by atoms with Crippen molar-refractivity contribution in [3.63, 3.8) is 0 Å². The van der Waals surface area contributed by atoms with Gasteiger partial charge in [0, 0.05) is 19.0 Å². The van der Waals surface area contributed by atoms with E-state index in [0.717, 1.165) is 0 Å². The van der Waals surface area contributed by atoms with Gasteiger partial charge in [0.2, 0.25) is 5.75 Å². The topological polar surface area (TPSA) is 107 Å². The van der Waals surface area contributed by atoms with E-state index in [1.807, 2.05) is 6.92 Å². The van der Waals surface area contributed by atoms with E-state index >= 15 is 0 Å². The molecule has 0 aliphatic heterocycles. The van der Waals surface area contributed by atoms with Gasteiger partial charge in [-0.2, -0.15) is 4.98 Å². The molecule has 1 aromatic carbocycles. The van der Waals surface area contributed by atoms with Gasteiger partial charge in [0.15, 0.2) is 5.69 Å². The van der Waals surface area contributed by atoms with Crippen molar-refractivity contribution >= 4 is 5.91 Å². The summed E-state index contributed by atoms with van der Waals surface area (Å²) in [5, 5.41) is 25.1. The highest BCUT2D eigenvalue weighted by Crippen LogP contribution is 2.25. The van der Waals surface area contributed by atoms with E-state index in [2.05, 4.69) is 20.6 Å². The van der Waals surface area contributed by atoms with Gasteiger partial charge in [0.1, 0.15) is 11.6 Å². The quantitative estimate of drug-likeness (QED) is 0.630. The van der Waals surface area contributed by atoms with Gasteiger partial charge >= 0.3 is 0 Å². The van der Waals surface area contributed by atoms with Gasteiger partial charge < -0.3 is 20.8 Å². The third kappa shape index (κ3) is 4.39. The lowest BCUT2D eigenvalue weighted by molar-refractivity contribution is 0.0941. The molecule has 128 valence electrons. The summed E-state index contributed by atoms with van der Waals surface area (Å²) in [5.41, 5.74) is 0.384. The number of hydrogen-bond donors (Lipinski definition) is 4. The van der Waals surface area contributed by atoms with Crippen molar-refractivity contribution in [3.05, 3.63) is 47.2 Å². The number of carbonyl (C=O) groups is 1. The van der Waals surface area contributed by atoms with Gasteiger partial charge in [0.05, 0.1) is 0 Å². The number of nitrogens with one attached hydrogen (secondary N) is 2. The largest absolute Gasteiger partial charge is 0.501 e. The molecule has 0 saturated carbocycles. The van der Waals surface area contributed by atoms with E-state index in [1.54, 1.807) is 7.05 Å². The molecule has 7 nitrogen and oxygen atoms in total. The third-order valence-corrected chi connectivity index (χ3v) is 3.47. The summed E-state index contributed by atoms with van der Waals surface area (Å²) in [4.78, 5) is 20.0. The van der Waals surface area contributed by atoms with Gasteiger partial charge in [0.25, 0.3) is 11.8 Å². The fourth-order valence-electron chi connectivity index (χ4n) is 1.98. The number of aromatic hydroxyl groups is 2. The Morgan fingerprint density at radius 1 is 1.25 bits per heavy atom. The predicted octanol–water partition coefficient (Wildman–Crippen LogP) is 1.11. The fraction of sp³-hybridized carbons (Fsp3) is 0.312. The van der Waals surface area contributed by atoms with Crippen molar-refractivity contribution in [2.45, 2.75) is 25.9 Å². The minimum Gasteiger partial charge on any atom is -0.501 e. The summed E-state index contributed by atoms with van der Waals surface area (Å²) in [6.45, 7) is 2.02. The minimum atomic E-state index is -0.674. The summed E-state index contributed by atoms with van der Waals surface area (Å²) in [6, 6.07) is 5.67. The number of likely N-dealkylation sites (N-methyl/N-ethyl adjacent to an activating group) is 1. The Labute approximate surface area is 138 Å². The smallest absolute Gasteiger partial charge is 0.274 e. The van der Waals surface area contributed by atoms with Crippen LogP contribution >= 0.6 is 0 Å². The zero-order chi connectivity index (χ0) is 17.7. The lowest BCUT2D eigenvalue weighted by atomic mass is 10.2. The van der Waals surface area contributed by atoms with Crippen molar-refractivity contribution in [2.75, 3.05) is 7.05 Å². The van der Waals surface area contributed by atoms with Crippen LogP contribution in [0.5, 0.6) is 11.6 Å². The van der Waals surface area contributed by atoms with Crippen molar-refractivity contribution in [2.24, 2.45) is 0 Å². The lowest BCUT2D eigenvalue weighted by Crippen LogP contribution is -2.27. The number of amides is 1. The molecule has 24 heavy (non-hydrogen) atoms. The highest BCUT2D eigenvalue weighted by molar-refractivity contribution is 5.95. The second kappa shape index (κ2) is 7.69. The van der Waals surface area contributed by atoms with Crippen LogP contribution in [0.15, 0.2) is 24.3 Å². The number of carbonyl (C=O) groups excluding carboxylic acids is 1. The molecule has 0 radical (unpaired) electrons. The number of benzene rings is 1. The van der Waals surface area contributed by atoms with E-state index in [0.29, 0.717) is 12.0 Å². The molecule has 0 aliphatic carbocycles. The first-order chi connectivity index (χ1) is 11.4. The van der Waals surface area contributed by atoms with E-state index in [-0.39, 0.29) is 29.9 Å². The molecule has 1 aromatic heterocycles. The maximum absolute atomic E-state index is 12.9. The zero-order valence-electron chi connectivity index (χ0n) is 13.4. The van der Waals surface area contributed by atoms with E-state index < -0.39 is 17.5 Å². The molecule has 2 aromatic rings. The van der Waals surface area contributed by atoms with Crippen LogP contribution in [-0.2, 0) is 13.0 Å².